The number of alkyl halides is 8. The number of carbonyl (C=O) groups excluding carboxylic acids is 4. The van der Waals surface area contributed by atoms with E-state index in [2.05, 4.69) is 47.0 Å². The Morgan fingerprint density at radius 2 is 1.44 bits per heavy atom. The minimum Gasteiger partial charge on any atom is -0.469 e. The van der Waals surface area contributed by atoms with E-state index in [-0.39, 0.29) is 22.4 Å². The van der Waals surface area contributed by atoms with Crippen molar-refractivity contribution in [3.05, 3.63) is 101 Å². The Morgan fingerprint density at radius 3 is 1.97 bits per heavy atom. The molecule has 6 rings (SSSR count). The summed E-state index contributed by atoms with van der Waals surface area (Å²) >= 11 is 0. The number of esters is 1. The number of pyridine rings is 1. The highest BCUT2D eigenvalue weighted by atomic mass is 19.4. The highest BCUT2D eigenvalue weighted by molar-refractivity contribution is 5.88. The molecule has 2 saturated heterocycles. The first-order chi connectivity index (χ1) is 36.0. The van der Waals surface area contributed by atoms with Crippen LogP contribution in [0.1, 0.15) is 82.2 Å². The number of rotatable bonds is 20. The lowest BCUT2D eigenvalue weighted by Gasteiger charge is -2.37. The molecule has 2 unspecified atom stereocenters. The van der Waals surface area contributed by atoms with Gasteiger partial charge in [-0.15, -0.1) is 0 Å². The van der Waals surface area contributed by atoms with Crippen LogP contribution in [0, 0.1) is 46.1 Å². The number of anilines is 1. The lowest BCUT2D eigenvalue weighted by molar-refractivity contribution is -0.231. The second-order valence-corrected chi connectivity index (χ2v) is 20.2. The summed E-state index contributed by atoms with van der Waals surface area (Å²) in [6, 6.07) is 10.8. The van der Waals surface area contributed by atoms with Gasteiger partial charge in [0.15, 0.2) is 5.78 Å². The molecule has 2 aliphatic rings. The molecule has 2 aliphatic heterocycles. The van der Waals surface area contributed by atoms with Gasteiger partial charge in [-0.25, -0.2) is 28.3 Å². The molecule has 0 radical (unpaired) electrons. The zero-order chi connectivity index (χ0) is 56.8. The molecule has 77 heavy (non-hydrogen) atoms. The molecule has 6 atom stereocenters. The Hall–Kier alpha value is -6.78. The molecule has 4 N–H and O–H groups in total. The fraction of sp³-hybridized carbons (Fsp3) is 0.500. The smallest absolute Gasteiger partial charge is 0.407 e. The van der Waals surface area contributed by atoms with Crippen molar-refractivity contribution in [1.29, 1.82) is 0 Å². The van der Waals surface area contributed by atoms with Gasteiger partial charge in [-0.05, 0) is 87.1 Å². The van der Waals surface area contributed by atoms with Crippen LogP contribution in [0.2, 0.25) is 0 Å². The van der Waals surface area contributed by atoms with E-state index in [4.69, 9.17) is 0 Å². The number of benzene rings is 2. The quantitative estimate of drug-likeness (QED) is 0.0290. The van der Waals surface area contributed by atoms with Crippen molar-refractivity contribution in [2.45, 2.75) is 109 Å². The first kappa shape index (κ1) is 59.5. The van der Waals surface area contributed by atoms with Gasteiger partial charge >= 0.3 is 31.0 Å². The number of Topliss-reactive ketones (excluding diaryl/α,β-unsaturated/α-hetero) is 1. The third kappa shape index (κ3) is 14.6. The monoisotopic (exact) mass is 1100 g/mol. The Bertz CT molecular complexity index is 2760. The van der Waals surface area contributed by atoms with E-state index in [1.54, 1.807) is 18.3 Å². The van der Waals surface area contributed by atoms with Gasteiger partial charge in [0.2, 0.25) is 5.91 Å². The molecule has 2 fully saturated rings. The molecule has 0 aliphatic carbocycles. The first-order valence-corrected chi connectivity index (χ1v) is 24.2. The zero-order valence-electron chi connectivity index (χ0n) is 42.7. The summed E-state index contributed by atoms with van der Waals surface area (Å²) in [7, 11) is 1.70. The van der Waals surface area contributed by atoms with Crippen LogP contribution in [-0.2, 0) is 36.8 Å². The standard InChI is InChI=1S/C52H58F10N8O7/c1-49(2,51(57,58)59)37(23-44(73)76-5)46(74)67-69(27-36-38(53)20-32(21-39(36)54)40-17-18-70(66-40)47(55)56)28-42(72)33(22-41(71)45(65-48(75)77-6)50(3,4)52(60,61)62)19-30-10-7-29(8-11-30)9-12-31-13-16-43(63-24-31)68-25-34-14-15-35(26-68)64-34/h7-8,10-11,13,16-18,20-21,24,33-35,37,42,45,47,64,72H,14-15,19,22-23,25-28H2,1-6H3,(H,65,75)(H,67,74)/t33-,34?,35?,37-,42+,45-/m1/s1. The number of nitrogens with one attached hydrogen (secondary N) is 3. The number of aliphatic hydroxyl groups is 1. The van der Waals surface area contributed by atoms with E-state index in [0.717, 1.165) is 58.2 Å². The molecular formula is C52H58F10N8O7. The number of hydrogen-bond acceptors (Lipinski definition) is 12. The van der Waals surface area contributed by atoms with Crippen LogP contribution in [0.25, 0.3) is 11.3 Å². The van der Waals surface area contributed by atoms with Gasteiger partial charge in [0.25, 0.3) is 0 Å². The molecule has 4 heterocycles. The fourth-order valence-corrected chi connectivity index (χ4v) is 9.10. The van der Waals surface area contributed by atoms with E-state index in [1.165, 1.54) is 12.1 Å². The summed E-state index contributed by atoms with van der Waals surface area (Å²) in [6.07, 6.45) is -11.5. The Kier molecular flexibility index (Phi) is 18.7. The van der Waals surface area contributed by atoms with Crippen molar-refractivity contribution in [3.8, 4) is 23.1 Å². The number of aliphatic hydroxyl groups excluding tert-OH is 1. The molecule has 15 nitrogen and oxygen atoms in total. The second kappa shape index (κ2) is 24.3. The lowest BCUT2D eigenvalue weighted by Crippen LogP contribution is -2.57. The average Bonchev–Trinajstić information content (AvgIpc) is 4.00. The maximum Gasteiger partial charge on any atom is 0.407 e. The average molecular weight is 1100 g/mol. The van der Waals surface area contributed by atoms with Gasteiger partial charge in [-0.1, -0.05) is 37.8 Å². The van der Waals surface area contributed by atoms with Gasteiger partial charge in [0.05, 0.1) is 49.2 Å². The zero-order valence-corrected chi connectivity index (χ0v) is 42.7. The van der Waals surface area contributed by atoms with Gasteiger partial charge in [-0.3, -0.25) is 19.8 Å². The Balaban J connectivity index is 1.34. The maximum absolute atomic E-state index is 16.0. The number of halogens is 10. The van der Waals surface area contributed by atoms with Crippen molar-refractivity contribution in [3.63, 3.8) is 0 Å². The molecule has 2 bridgehead atoms. The molecule has 4 aromatic rings. The van der Waals surface area contributed by atoms with E-state index in [1.807, 2.05) is 17.4 Å². The third-order valence-corrected chi connectivity index (χ3v) is 14.1. The molecule has 0 spiro atoms. The summed E-state index contributed by atoms with van der Waals surface area (Å²) in [4.78, 5) is 59.9. The van der Waals surface area contributed by atoms with E-state index in [0.29, 0.717) is 73.6 Å². The van der Waals surface area contributed by atoms with E-state index in [9.17, 15) is 59.4 Å². The normalized spacial score (nSPS) is 17.5. The number of amides is 2. The number of hydrogen-bond donors (Lipinski definition) is 4. The topological polar surface area (TPSA) is 180 Å². The number of nitrogens with zero attached hydrogens (tertiary/aromatic N) is 5. The number of aromatic nitrogens is 3. The van der Waals surface area contributed by atoms with E-state index >= 15 is 8.78 Å². The van der Waals surface area contributed by atoms with Crippen molar-refractivity contribution in [2.24, 2.45) is 22.7 Å². The third-order valence-electron chi connectivity index (χ3n) is 14.1. The predicted octanol–water partition coefficient (Wildman–Crippen LogP) is 8.05. The largest absolute Gasteiger partial charge is 0.469 e. The van der Waals surface area contributed by atoms with Crippen LogP contribution in [0.15, 0.2) is 67.0 Å². The molecule has 2 aromatic heterocycles. The number of methoxy groups -OCH3 is 2. The van der Waals surface area contributed by atoms with Crippen LogP contribution >= 0.6 is 0 Å². The number of fused-ring (bicyclic) bond motifs is 2. The molecular weight excluding hydrogens is 1040 g/mol. The van der Waals surface area contributed by atoms with Crippen LogP contribution in [-0.4, -0.2) is 119 Å². The van der Waals surface area contributed by atoms with Crippen molar-refractivity contribution >= 4 is 29.6 Å². The van der Waals surface area contributed by atoms with Crippen molar-refractivity contribution in [1.82, 2.24) is 35.8 Å². The number of alkyl carbamates (subject to hydrolysis) is 1. The molecule has 0 saturated carbocycles. The van der Waals surface area contributed by atoms with E-state index < -0.39 is 121 Å². The number of ketones is 1. The molecule has 418 valence electrons. The summed E-state index contributed by atoms with van der Waals surface area (Å²) in [5.74, 6) is -3.82. The van der Waals surface area contributed by atoms with Crippen LogP contribution in [0.5, 0.6) is 0 Å². The summed E-state index contributed by atoms with van der Waals surface area (Å²) in [5, 5.41) is 21.8. The Morgan fingerprint density at radius 1 is 0.844 bits per heavy atom. The minimum atomic E-state index is -5.16. The lowest BCUT2D eigenvalue weighted by atomic mass is 9.75. The van der Waals surface area contributed by atoms with Gasteiger partial charge < -0.3 is 30.1 Å². The SMILES string of the molecule is COC(=O)C[C@H](C(=O)NN(Cc1c(F)cc(-c2ccn(C(F)F)n2)cc1F)C[C@H](O)[C@@H](CC(=O)[C@@H](NC(=O)OC)C(C)(C)C(F)(F)F)Cc1ccc(C#Cc2ccc(N3CC4CCC(C3)N4)nc2)cc1)C(C)(C)C(F)(F)F. The maximum atomic E-state index is 16.0. The van der Waals surface area contributed by atoms with Gasteiger partial charge in [-0.2, -0.15) is 40.2 Å². The van der Waals surface area contributed by atoms with Crippen LogP contribution in [0.4, 0.5) is 54.5 Å². The van der Waals surface area contributed by atoms with Gasteiger partial charge in [0.1, 0.15) is 23.5 Å². The fourth-order valence-electron chi connectivity index (χ4n) is 9.10. The van der Waals surface area contributed by atoms with Crippen molar-refractivity contribution in [2.75, 3.05) is 38.8 Å². The second-order valence-electron chi connectivity index (χ2n) is 20.2. The van der Waals surface area contributed by atoms with Crippen LogP contribution < -0.4 is 21.0 Å². The predicted molar refractivity (Wildman–Crippen MR) is 258 cm³/mol. The highest BCUT2D eigenvalue weighted by Gasteiger charge is 2.57. The summed E-state index contributed by atoms with van der Waals surface area (Å²) < 4.78 is 155. The first-order valence-electron chi connectivity index (χ1n) is 24.2. The molecule has 25 heteroatoms. The number of piperazine rings is 1. The molecule has 2 amide bonds. The minimum absolute atomic E-state index is 0.210. The number of hydrazine groups is 1. The summed E-state index contributed by atoms with van der Waals surface area (Å²) in [6.45, 7) is -1.07. The summed E-state index contributed by atoms with van der Waals surface area (Å²) in [5.41, 5.74) is -3.94. The molecule has 2 aromatic carbocycles. The number of ether oxygens (including phenoxy) is 2. The van der Waals surface area contributed by atoms with Crippen LogP contribution in [0.3, 0.4) is 0 Å². The highest BCUT2D eigenvalue weighted by Crippen LogP contribution is 2.46. The van der Waals surface area contributed by atoms with Crippen molar-refractivity contribution < 1.29 is 77.7 Å². The Labute approximate surface area is 437 Å². The number of carbonyl (C=O) groups is 4. The van der Waals surface area contributed by atoms with Gasteiger partial charge in [0, 0.05) is 79.3 Å².